The van der Waals surface area contributed by atoms with Crippen LogP contribution in [-0.2, 0) is 4.74 Å². The Bertz CT molecular complexity index is 122. The molecule has 0 aromatic carbocycles. The zero-order chi connectivity index (χ0) is 7.78. The van der Waals surface area contributed by atoms with Crippen LogP contribution in [0.15, 0.2) is 0 Å². The van der Waals surface area contributed by atoms with Crippen LogP contribution < -0.4 is 0 Å². The molecule has 0 aromatic heterocycles. The lowest BCUT2D eigenvalue weighted by Gasteiger charge is -2.43. The molecule has 60 valence electrons. The van der Waals surface area contributed by atoms with Gasteiger partial charge >= 0.3 is 0 Å². The third kappa shape index (κ3) is 1.32. The number of ether oxygens (including phenoxy) is 1. The van der Waals surface area contributed by atoms with Crippen molar-refractivity contribution in [3.8, 4) is 0 Å². The number of rotatable bonds is 0. The van der Waals surface area contributed by atoms with Crippen molar-refractivity contribution in [3.63, 3.8) is 0 Å². The minimum absolute atomic E-state index is 0.220. The van der Waals surface area contributed by atoms with E-state index >= 15 is 0 Å². The van der Waals surface area contributed by atoms with E-state index in [0.717, 1.165) is 13.2 Å². The van der Waals surface area contributed by atoms with Gasteiger partial charge in [-0.2, -0.15) is 0 Å². The zero-order valence-electron chi connectivity index (χ0n) is 7.35. The van der Waals surface area contributed by atoms with Crippen molar-refractivity contribution in [2.75, 3.05) is 20.3 Å². The van der Waals surface area contributed by atoms with Gasteiger partial charge < -0.3 is 4.74 Å². The van der Waals surface area contributed by atoms with Crippen molar-refractivity contribution in [3.05, 3.63) is 0 Å². The monoisotopic (exact) mass is 143 g/mol. The Morgan fingerprint density at radius 2 is 2.10 bits per heavy atom. The molecule has 10 heavy (non-hydrogen) atoms. The largest absolute Gasteiger partial charge is 0.378 e. The number of hydrogen-bond donors (Lipinski definition) is 0. The van der Waals surface area contributed by atoms with E-state index in [1.807, 2.05) is 0 Å². The highest BCUT2D eigenvalue weighted by Gasteiger charge is 2.31. The molecule has 0 radical (unpaired) electrons. The molecule has 1 aliphatic heterocycles. The molecule has 0 aromatic rings. The summed E-state index contributed by atoms with van der Waals surface area (Å²) in [6.07, 6.45) is 0. The molecule has 2 heteroatoms. The maximum Gasteiger partial charge on any atom is 0.0645 e. The quantitative estimate of drug-likeness (QED) is 0.504. The summed E-state index contributed by atoms with van der Waals surface area (Å²) in [5, 5.41) is 0. The van der Waals surface area contributed by atoms with Crippen LogP contribution in [0.2, 0.25) is 0 Å². The van der Waals surface area contributed by atoms with Crippen LogP contribution >= 0.6 is 0 Å². The lowest BCUT2D eigenvalue weighted by atomic mass is 10.0. The predicted octanol–water partition coefficient (Wildman–Crippen LogP) is 1.12. The van der Waals surface area contributed by atoms with Crippen LogP contribution in [0.3, 0.4) is 0 Å². The molecule has 0 amide bonds. The highest BCUT2D eigenvalue weighted by atomic mass is 16.5. The Hall–Kier alpha value is -0.0800. The van der Waals surface area contributed by atoms with E-state index in [1.54, 1.807) is 0 Å². The Morgan fingerprint density at radius 1 is 1.50 bits per heavy atom. The highest BCUT2D eigenvalue weighted by molar-refractivity contribution is 4.85. The third-order valence-corrected chi connectivity index (χ3v) is 2.43. The fraction of sp³-hybridized carbons (Fsp3) is 1.00. The van der Waals surface area contributed by atoms with E-state index in [2.05, 4.69) is 32.7 Å². The Kier molecular flexibility index (Phi) is 2.02. The number of hydrogen-bond acceptors (Lipinski definition) is 2. The molecule has 1 atom stereocenters. The van der Waals surface area contributed by atoms with Crippen molar-refractivity contribution >= 4 is 0 Å². The lowest BCUT2D eigenvalue weighted by molar-refractivity contribution is -0.0700. The minimum Gasteiger partial charge on any atom is -0.378 e. The molecular weight excluding hydrogens is 126 g/mol. The standard InChI is InChI=1S/C8H17NO/c1-7-5-10-6-8(2,3)9(7)4/h7H,5-6H2,1-4H3. The Labute approximate surface area is 63.2 Å². The second-order valence-electron chi connectivity index (χ2n) is 3.79. The molecule has 0 aliphatic carbocycles. The van der Waals surface area contributed by atoms with Gasteiger partial charge in [-0.15, -0.1) is 0 Å². The van der Waals surface area contributed by atoms with Gasteiger partial charge in [0.25, 0.3) is 0 Å². The Balaban J connectivity index is 2.60. The van der Waals surface area contributed by atoms with E-state index in [0.29, 0.717) is 6.04 Å². The van der Waals surface area contributed by atoms with Crippen molar-refractivity contribution in [2.45, 2.75) is 32.4 Å². The molecule has 0 N–H and O–H groups in total. The van der Waals surface area contributed by atoms with E-state index in [1.165, 1.54) is 0 Å². The lowest BCUT2D eigenvalue weighted by Crippen LogP contribution is -2.55. The second kappa shape index (κ2) is 2.51. The van der Waals surface area contributed by atoms with Crippen LogP contribution in [0.25, 0.3) is 0 Å². The summed E-state index contributed by atoms with van der Waals surface area (Å²) in [6.45, 7) is 8.35. The number of likely N-dealkylation sites (N-methyl/N-ethyl adjacent to an activating group) is 1. The molecule has 1 fully saturated rings. The minimum atomic E-state index is 0.220. The van der Waals surface area contributed by atoms with Gasteiger partial charge in [-0.3, -0.25) is 4.90 Å². The first-order valence-corrected chi connectivity index (χ1v) is 3.85. The molecule has 2 nitrogen and oxygen atoms in total. The summed E-state index contributed by atoms with van der Waals surface area (Å²) < 4.78 is 5.43. The topological polar surface area (TPSA) is 12.5 Å². The zero-order valence-corrected chi connectivity index (χ0v) is 7.35. The summed E-state index contributed by atoms with van der Waals surface area (Å²) in [4.78, 5) is 2.37. The molecular formula is C8H17NO. The van der Waals surface area contributed by atoms with E-state index < -0.39 is 0 Å². The van der Waals surface area contributed by atoms with Gasteiger partial charge in [0, 0.05) is 11.6 Å². The SMILES string of the molecule is CC1COCC(C)(C)N1C. The van der Waals surface area contributed by atoms with Gasteiger partial charge in [-0.05, 0) is 27.8 Å². The van der Waals surface area contributed by atoms with Crippen molar-refractivity contribution in [2.24, 2.45) is 0 Å². The molecule has 1 aliphatic rings. The van der Waals surface area contributed by atoms with Gasteiger partial charge in [-0.25, -0.2) is 0 Å². The average molecular weight is 143 g/mol. The van der Waals surface area contributed by atoms with Crippen LogP contribution in [0.1, 0.15) is 20.8 Å². The summed E-state index contributed by atoms with van der Waals surface area (Å²) in [6, 6.07) is 0.559. The first kappa shape index (κ1) is 8.02. The summed E-state index contributed by atoms with van der Waals surface area (Å²) in [5.41, 5.74) is 0.220. The van der Waals surface area contributed by atoms with Gasteiger partial charge in [0.1, 0.15) is 0 Å². The molecule has 1 saturated heterocycles. The number of nitrogens with zero attached hydrogens (tertiary/aromatic N) is 1. The fourth-order valence-corrected chi connectivity index (χ4v) is 1.29. The van der Waals surface area contributed by atoms with Gasteiger partial charge in [0.2, 0.25) is 0 Å². The van der Waals surface area contributed by atoms with Gasteiger partial charge in [-0.1, -0.05) is 0 Å². The molecule has 1 heterocycles. The second-order valence-corrected chi connectivity index (χ2v) is 3.79. The predicted molar refractivity (Wildman–Crippen MR) is 42.1 cm³/mol. The first-order valence-electron chi connectivity index (χ1n) is 3.85. The highest BCUT2D eigenvalue weighted by Crippen LogP contribution is 2.20. The van der Waals surface area contributed by atoms with Crippen LogP contribution in [-0.4, -0.2) is 36.7 Å². The van der Waals surface area contributed by atoms with Crippen molar-refractivity contribution < 1.29 is 4.74 Å². The van der Waals surface area contributed by atoms with Gasteiger partial charge in [0.15, 0.2) is 0 Å². The maximum atomic E-state index is 5.43. The molecule has 0 saturated carbocycles. The van der Waals surface area contributed by atoms with E-state index in [-0.39, 0.29) is 5.54 Å². The smallest absolute Gasteiger partial charge is 0.0645 e. The normalized spacial score (nSPS) is 34.2. The Morgan fingerprint density at radius 3 is 2.50 bits per heavy atom. The van der Waals surface area contributed by atoms with Gasteiger partial charge in [0.05, 0.1) is 13.2 Å². The van der Waals surface area contributed by atoms with Crippen LogP contribution in [0.4, 0.5) is 0 Å². The fourth-order valence-electron chi connectivity index (χ4n) is 1.29. The summed E-state index contributed by atoms with van der Waals surface area (Å²) in [7, 11) is 2.16. The number of morpholine rings is 1. The molecule has 1 rings (SSSR count). The van der Waals surface area contributed by atoms with Crippen molar-refractivity contribution in [1.82, 2.24) is 4.90 Å². The molecule has 1 unspecified atom stereocenters. The van der Waals surface area contributed by atoms with Crippen molar-refractivity contribution in [1.29, 1.82) is 0 Å². The maximum absolute atomic E-state index is 5.43. The van der Waals surface area contributed by atoms with Crippen LogP contribution in [0.5, 0.6) is 0 Å². The van der Waals surface area contributed by atoms with E-state index in [4.69, 9.17) is 4.74 Å². The third-order valence-electron chi connectivity index (χ3n) is 2.43. The van der Waals surface area contributed by atoms with Crippen LogP contribution in [0, 0.1) is 0 Å². The molecule has 0 spiro atoms. The summed E-state index contributed by atoms with van der Waals surface area (Å²) >= 11 is 0. The van der Waals surface area contributed by atoms with E-state index in [9.17, 15) is 0 Å². The molecule has 0 bridgehead atoms. The average Bonchev–Trinajstić information content (AvgIpc) is 1.83. The summed E-state index contributed by atoms with van der Waals surface area (Å²) in [5.74, 6) is 0. The first-order chi connectivity index (χ1) is 4.54.